The van der Waals surface area contributed by atoms with E-state index in [2.05, 4.69) is 0 Å². The maximum Gasteiger partial charge on any atom is 2.00 e. The van der Waals surface area contributed by atoms with Crippen LogP contribution in [0.25, 0.3) is 0 Å². The zero-order valence-corrected chi connectivity index (χ0v) is 11.9. The SMILES string of the molecule is CCC(CCCCC(=O)O)S(=O)(=O)O.[Ca+2].[H-].[H-]. The van der Waals surface area contributed by atoms with Gasteiger partial charge in [-0.3, -0.25) is 9.35 Å². The zero-order chi connectivity index (χ0) is 11.2. The van der Waals surface area contributed by atoms with Gasteiger partial charge >= 0.3 is 43.7 Å². The summed E-state index contributed by atoms with van der Waals surface area (Å²) in [5.41, 5.74) is 0. The zero-order valence-electron chi connectivity index (χ0n) is 10.8. The Bertz CT molecular complexity index is 284. The van der Waals surface area contributed by atoms with Crippen molar-refractivity contribution in [3.8, 4) is 0 Å². The molecule has 0 radical (unpaired) electrons. The fourth-order valence-corrected chi connectivity index (χ4v) is 2.10. The summed E-state index contributed by atoms with van der Waals surface area (Å²) in [4.78, 5) is 10.1. The van der Waals surface area contributed by atoms with Gasteiger partial charge in [-0.15, -0.1) is 0 Å². The summed E-state index contributed by atoms with van der Waals surface area (Å²) >= 11 is 0. The maximum atomic E-state index is 10.7. The molecule has 0 rings (SSSR count). The van der Waals surface area contributed by atoms with Crippen LogP contribution in [0.3, 0.4) is 0 Å². The van der Waals surface area contributed by atoms with E-state index in [0.29, 0.717) is 25.7 Å². The van der Waals surface area contributed by atoms with Crippen molar-refractivity contribution in [3.63, 3.8) is 0 Å². The Morgan fingerprint density at radius 1 is 1.40 bits per heavy atom. The summed E-state index contributed by atoms with van der Waals surface area (Å²) in [6, 6.07) is 0. The summed E-state index contributed by atoms with van der Waals surface area (Å²) in [5, 5.41) is 7.57. The first-order chi connectivity index (χ1) is 6.38. The van der Waals surface area contributed by atoms with Gasteiger partial charge in [-0.25, -0.2) is 0 Å². The fourth-order valence-electron chi connectivity index (χ4n) is 1.21. The Morgan fingerprint density at radius 2 is 1.93 bits per heavy atom. The third kappa shape index (κ3) is 9.56. The molecule has 88 valence electrons. The van der Waals surface area contributed by atoms with Crippen molar-refractivity contribution in [2.75, 3.05) is 0 Å². The van der Waals surface area contributed by atoms with E-state index in [1.807, 2.05) is 0 Å². The first-order valence-electron chi connectivity index (χ1n) is 4.56. The van der Waals surface area contributed by atoms with E-state index < -0.39 is 21.3 Å². The van der Waals surface area contributed by atoms with Crippen LogP contribution < -0.4 is 0 Å². The Balaban J connectivity index is -0.000000282. The molecule has 0 aliphatic carbocycles. The molecule has 5 nitrogen and oxygen atoms in total. The molecule has 0 saturated carbocycles. The summed E-state index contributed by atoms with van der Waals surface area (Å²) in [5.74, 6) is -0.884. The van der Waals surface area contributed by atoms with Gasteiger partial charge in [0.2, 0.25) is 0 Å². The first kappa shape index (κ1) is 18.0. The average Bonchev–Trinajstić information content (AvgIpc) is 2.01. The van der Waals surface area contributed by atoms with Crippen LogP contribution in [0.1, 0.15) is 41.9 Å². The molecule has 15 heavy (non-hydrogen) atoms. The molecule has 0 heterocycles. The van der Waals surface area contributed by atoms with Crippen LogP contribution in [0.2, 0.25) is 0 Å². The van der Waals surface area contributed by atoms with Crippen molar-refractivity contribution in [2.45, 2.75) is 44.3 Å². The van der Waals surface area contributed by atoms with E-state index in [1.54, 1.807) is 6.92 Å². The Hall–Kier alpha value is 0.640. The number of unbranched alkanes of at least 4 members (excludes halogenated alkanes) is 1. The van der Waals surface area contributed by atoms with Crippen LogP contribution in [0.4, 0.5) is 0 Å². The quantitative estimate of drug-likeness (QED) is 0.409. The smallest absolute Gasteiger partial charge is 1.00 e. The van der Waals surface area contributed by atoms with E-state index in [0.717, 1.165) is 0 Å². The summed E-state index contributed by atoms with van der Waals surface area (Å²) < 4.78 is 30.2. The van der Waals surface area contributed by atoms with Crippen LogP contribution in [0.15, 0.2) is 0 Å². The molecule has 7 heteroatoms. The van der Waals surface area contributed by atoms with E-state index in [-0.39, 0.29) is 47.0 Å². The third-order valence-electron chi connectivity index (χ3n) is 2.04. The van der Waals surface area contributed by atoms with Crippen LogP contribution in [0.5, 0.6) is 0 Å². The number of hydrogen-bond acceptors (Lipinski definition) is 3. The van der Waals surface area contributed by atoms with Crippen molar-refractivity contribution in [1.29, 1.82) is 0 Å². The molecule has 0 aromatic heterocycles. The van der Waals surface area contributed by atoms with Crippen molar-refractivity contribution in [3.05, 3.63) is 0 Å². The molecule has 0 aliphatic rings. The van der Waals surface area contributed by atoms with Gasteiger partial charge in [0, 0.05) is 6.42 Å². The third-order valence-corrected chi connectivity index (χ3v) is 3.45. The molecule has 0 saturated heterocycles. The standard InChI is InChI=1S/C8H16O5S.Ca.2H/c1-2-7(14(11,12)13)5-3-4-6-8(9)10;;;/h7H,2-6H2,1H3,(H,9,10)(H,11,12,13);;;/q;+2;2*-1. The molecule has 0 aromatic rings. The predicted octanol–water partition coefficient (Wildman–Crippen LogP) is 1.14. The van der Waals surface area contributed by atoms with E-state index in [4.69, 9.17) is 9.66 Å². The van der Waals surface area contributed by atoms with Crippen molar-refractivity contribution >= 4 is 53.8 Å². The molecular weight excluding hydrogens is 248 g/mol. The van der Waals surface area contributed by atoms with Gasteiger partial charge in [-0.05, 0) is 19.3 Å². The van der Waals surface area contributed by atoms with Gasteiger partial charge in [0.15, 0.2) is 0 Å². The Morgan fingerprint density at radius 3 is 2.27 bits per heavy atom. The van der Waals surface area contributed by atoms with Crippen LogP contribution in [0, 0.1) is 0 Å². The fraction of sp³-hybridized carbons (Fsp3) is 0.875. The molecule has 0 aromatic carbocycles. The number of carboxylic acids is 1. The van der Waals surface area contributed by atoms with Crippen molar-refractivity contribution < 1.29 is 25.7 Å². The van der Waals surface area contributed by atoms with E-state index in [9.17, 15) is 13.2 Å². The van der Waals surface area contributed by atoms with E-state index >= 15 is 0 Å². The Labute approximate surface area is 123 Å². The van der Waals surface area contributed by atoms with Crippen LogP contribution in [-0.2, 0) is 14.9 Å². The minimum atomic E-state index is -3.96. The molecule has 1 unspecified atom stereocenters. The monoisotopic (exact) mass is 266 g/mol. The summed E-state index contributed by atoms with van der Waals surface area (Å²) in [6.07, 6.45) is 1.67. The van der Waals surface area contributed by atoms with Crippen LogP contribution >= 0.6 is 0 Å². The molecular formula is C8H18CaO5S. The molecule has 0 amide bonds. The number of hydrogen-bond donors (Lipinski definition) is 2. The predicted molar refractivity (Wildman–Crippen MR) is 59.7 cm³/mol. The number of carbonyl (C=O) groups is 1. The van der Waals surface area contributed by atoms with Gasteiger partial charge in [-0.1, -0.05) is 13.3 Å². The van der Waals surface area contributed by atoms with E-state index in [1.165, 1.54) is 0 Å². The maximum absolute atomic E-state index is 10.7. The molecule has 2 N–H and O–H groups in total. The molecule has 0 fully saturated rings. The number of carboxylic acid groups (broad SMARTS) is 1. The first-order valence-corrected chi connectivity index (χ1v) is 6.06. The second-order valence-corrected chi connectivity index (χ2v) is 4.88. The molecule has 1 atom stereocenters. The number of rotatable bonds is 7. The molecule has 0 spiro atoms. The molecule has 0 bridgehead atoms. The van der Waals surface area contributed by atoms with Gasteiger partial charge in [0.25, 0.3) is 10.1 Å². The van der Waals surface area contributed by atoms with Crippen molar-refractivity contribution in [1.82, 2.24) is 0 Å². The average molecular weight is 266 g/mol. The Kier molecular flexibility index (Phi) is 10.5. The molecule has 0 aliphatic heterocycles. The van der Waals surface area contributed by atoms with Gasteiger partial charge in [0.05, 0.1) is 5.25 Å². The normalized spacial score (nSPS) is 12.9. The van der Waals surface area contributed by atoms with Crippen LogP contribution in [-0.4, -0.2) is 67.0 Å². The summed E-state index contributed by atoms with van der Waals surface area (Å²) in [7, 11) is -3.96. The topological polar surface area (TPSA) is 91.7 Å². The second-order valence-electron chi connectivity index (χ2n) is 3.18. The number of aliphatic carboxylic acids is 1. The van der Waals surface area contributed by atoms with Crippen molar-refractivity contribution in [2.24, 2.45) is 0 Å². The van der Waals surface area contributed by atoms with Gasteiger partial charge in [0.1, 0.15) is 0 Å². The minimum Gasteiger partial charge on any atom is -1.00 e. The second kappa shape index (κ2) is 8.75. The minimum absolute atomic E-state index is 0. The van der Waals surface area contributed by atoms with Gasteiger partial charge in [-0.2, -0.15) is 8.42 Å². The largest absolute Gasteiger partial charge is 2.00 e. The summed E-state index contributed by atoms with van der Waals surface area (Å²) in [6.45, 7) is 1.68. The van der Waals surface area contributed by atoms with Gasteiger partial charge < -0.3 is 7.96 Å².